The Kier molecular flexibility index (Phi) is 4.90. The number of carbonyl (C=O) groups is 1. The summed E-state index contributed by atoms with van der Waals surface area (Å²) in [6.45, 7) is 4.29. The zero-order valence-electron chi connectivity index (χ0n) is 13.6. The molecule has 1 atom stereocenters. The second-order valence-electron chi connectivity index (χ2n) is 5.47. The molecule has 2 amide bonds. The molecule has 0 spiro atoms. The number of benzene rings is 1. The van der Waals surface area contributed by atoms with Crippen molar-refractivity contribution in [1.82, 2.24) is 25.4 Å². The lowest BCUT2D eigenvalue weighted by atomic mass is 10.3. The van der Waals surface area contributed by atoms with Crippen LogP contribution in [0.3, 0.4) is 0 Å². The van der Waals surface area contributed by atoms with Gasteiger partial charge in [-0.1, -0.05) is 18.2 Å². The van der Waals surface area contributed by atoms with Gasteiger partial charge in [-0.3, -0.25) is 0 Å². The third kappa shape index (κ3) is 3.99. The Bertz CT molecular complexity index is 811. The predicted octanol–water partition coefficient (Wildman–Crippen LogP) is 3.20. The van der Waals surface area contributed by atoms with Crippen molar-refractivity contribution in [3.8, 4) is 5.69 Å². The molecule has 124 valence electrons. The summed E-state index contributed by atoms with van der Waals surface area (Å²) < 4.78 is 1.79. The van der Waals surface area contributed by atoms with Crippen LogP contribution < -0.4 is 10.6 Å². The Morgan fingerprint density at radius 3 is 2.83 bits per heavy atom. The molecule has 0 aliphatic carbocycles. The van der Waals surface area contributed by atoms with Gasteiger partial charge in [-0.25, -0.2) is 14.5 Å². The molecule has 1 unspecified atom stereocenters. The lowest BCUT2D eigenvalue weighted by Crippen LogP contribution is -2.36. The molecular formula is C17H19N5OS. The van der Waals surface area contributed by atoms with Gasteiger partial charge in [-0.05, 0) is 26.0 Å². The predicted molar refractivity (Wildman–Crippen MR) is 94.2 cm³/mol. The molecule has 0 aliphatic heterocycles. The van der Waals surface area contributed by atoms with E-state index in [1.54, 1.807) is 22.2 Å². The maximum atomic E-state index is 12.0. The molecule has 2 aromatic heterocycles. The largest absolute Gasteiger partial charge is 0.334 e. The van der Waals surface area contributed by atoms with E-state index < -0.39 is 0 Å². The van der Waals surface area contributed by atoms with Crippen molar-refractivity contribution in [2.45, 2.75) is 26.4 Å². The quantitative estimate of drug-likeness (QED) is 0.748. The monoisotopic (exact) mass is 341 g/mol. The first-order valence-electron chi connectivity index (χ1n) is 7.67. The van der Waals surface area contributed by atoms with Crippen molar-refractivity contribution >= 4 is 17.4 Å². The molecule has 7 heteroatoms. The van der Waals surface area contributed by atoms with Crippen LogP contribution in [0.4, 0.5) is 4.79 Å². The van der Waals surface area contributed by atoms with Crippen molar-refractivity contribution in [3.05, 3.63) is 64.4 Å². The van der Waals surface area contributed by atoms with Crippen molar-refractivity contribution in [2.75, 3.05) is 0 Å². The highest BCUT2D eigenvalue weighted by molar-refractivity contribution is 7.09. The maximum Gasteiger partial charge on any atom is 0.315 e. The summed E-state index contributed by atoms with van der Waals surface area (Å²) in [7, 11) is 0. The van der Waals surface area contributed by atoms with Gasteiger partial charge in [-0.15, -0.1) is 11.3 Å². The number of aryl methyl sites for hydroxylation is 1. The summed E-state index contributed by atoms with van der Waals surface area (Å²) in [6.07, 6.45) is 3.66. The molecule has 0 fully saturated rings. The van der Waals surface area contributed by atoms with E-state index in [2.05, 4.69) is 20.7 Å². The summed E-state index contributed by atoms with van der Waals surface area (Å²) >= 11 is 1.58. The zero-order chi connectivity index (χ0) is 16.9. The molecular weight excluding hydrogens is 322 g/mol. The van der Waals surface area contributed by atoms with Crippen LogP contribution in [-0.4, -0.2) is 20.8 Å². The van der Waals surface area contributed by atoms with Crippen molar-refractivity contribution in [3.63, 3.8) is 0 Å². The normalized spacial score (nSPS) is 11.9. The van der Waals surface area contributed by atoms with E-state index in [1.807, 2.05) is 55.8 Å². The Morgan fingerprint density at radius 1 is 1.33 bits per heavy atom. The van der Waals surface area contributed by atoms with E-state index in [1.165, 1.54) is 0 Å². The second kappa shape index (κ2) is 7.27. The van der Waals surface area contributed by atoms with Gasteiger partial charge in [0, 0.05) is 23.7 Å². The molecule has 3 aromatic rings. The first-order valence-corrected chi connectivity index (χ1v) is 8.55. The molecule has 0 bridgehead atoms. The highest BCUT2D eigenvalue weighted by atomic mass is 32.1. The molecule has 1 aromatic carbocycles. The number of hydrogen-bond donors (Lipinski definition) is 2. The molecule has 0 saturated carbocycles. The minimum absolute atomic E-state index is 0.123. The summed E-state index contributed by atoms with van der Waals surface area (Å²) in [5.41, 5.74) is 2.80. The van der Waals surface area contributed by atoms with Crippen molar-refractivity contribution in [1.29, 1.82) is 0 Å². The number of thiazole rings is 1. The average Bonchev–Trinajstić information content (AvgIpc) is 3.23. The second-order valence-corrected chi connectivity index (χ2v) is 6.53. The van der Waals surface area contributed by atoms with Gasteiger partial charge in [-0.2, -0.15) is 5.10 Å². The summed E-state index contributed by atoms with van der Waals surface area (Å²) in [6, 6.07) is 9.50. The highest BCUT2D eigenvalue weighted by Crippen LogP contribution is 2.15. The Morgan fingerprint density at radius 2 is 2.12 bits per heavy atom. The number of para-hydroxylation sites is 1. The van der Waals surface area contributed by atoms with Crippen LogP contribution in [0.2, 0.25) is 0 Å². The molecule has 6 nitrogen and oxygen atoms in total. The maximum absolute atomic E-state index is 12.0. The number of urea groups is 1. The molecule has 0 aliphatic rings. The molecule has 2 heterocycles. The van der Waals surface area contributed by atoms with Gasteiger partial charge in [0.05, 0.1) is 28.6 Å². The van der Waals surface area contributed by atoms with Crippen LogP contribution in [0.25, 0.3) is 5.69 Å². The number of amides is 2. The SMILES string of the molecule is Cc1nc(C(C)NC(=O)NCc2cnn(-c3ccccc3)c2)cs1. The highest BCUT2D eigenvalue weighted by Gasteiger charge is 2.12. The Labute approximate surface area is 144 Å². The third-order valence-electron chi connectivity index (χ3n) is 3.54. The fourth-order valence-electron chi connectivity index (χ4n) is 2.26. The van der Waals surface area contributed by atoms with Gasteiger partial charge in [0.1, 0.15) is 0 Å². The summed E-state index contributed by atoms with van der Waals surface area (Å²) in [5.74, 6) is 0. The average molecular weight is 341 g/mol. The minimum Gasteiger partial charge on any atom is -0.334 e. The standard InChI is InChI=1S/C17H19N5OS/c1-12(16-11-24-13(2)21-16)20-17(23)18-8-14-9-19-22(10-14)15-6-4-3-5-7-15/h3-7,9-12H,8H2,1-2H3,(H2,18,20,23). The number of hydrogen-bond acceptors (Lipinski definition) is 4. The lowest BCUT2D eigenvalue weighted by molar-refractivity contribution is 0.237. The number of nitrogens with zero attached hydrogens (tertiary/aromatic N) is 3. The molecule has 0 saturated heterocycles. The van der Waals surface area contributed by atoms with Crippen LogP contribution in [0.5, 0.6) is 0 Å². The van der Waals surface area contributed by atoms with E-state index in [0.29, 0.717) is 6.54 Å². The number of aromatic nitrogens is 3. The van der Waals surface area contributed by atoms with Crippen molar-refractivity contribution in [2.24, 2.45) is 0 Å². The zero-order valence-corrected chi connectivity index (χ0v) is 14.4. The minimum atomic E-state index is -0.222. The third-order valence-corrected chi connectivity index (χ3v) is 4.33. The lowest BCUT2D eigenvalue weighted by Gasteiger charge is -2.12. The van der Waals surface area contributed by atoms with Gasteiger partial charge < -0.3 is 10.6 Å². The first-order chi connectivity index (χ1) is 11.6. The van der Waals surface area contributed by atoms with Crippen LogP contribution in [0.15, 0.2) is 48.1 Å². The van der Waals surface area contributed by atoms with Gasteiger partial charge in [0.15, 0.2) is 0 Å². The van der Waals surface area contributed by atoms with Crippen LogP contribution in [-0.2, 0) is 6.54 Å². The van der Waals surface area contributed by atoms with Crippen molar-refractivity contribution < 1.29 is 4.79 Å². The molecule has 2 N–H and O–H groups in total. The van der Waals surface area contributed by atoms with Gasteiger partial charge >= 0.3 is 6.03 Å². The summed E-state index contributed by atoms with van der Waals surface area (Å²) in [5, 5.41) is 13.0. The topological polar surface area (TPSA) is 71.8 Å². The van der Waals surface area contributed by atoms with Crippen LogP contribution in [0, 0.1) is 6.92 Å². The van der Waals surface area contributed by atoms with Crippen LogP contribution in [0.1, 0.15) is 29.2 Å². The Balaban J connectivity index is 1.52. The molecule has 24 heavy (non-hydrogen) atoms. The van der Waals surface area contributed by atoms with E-state index in [0.717, 1.165) is 22.0 Å². The smallest absolute Gasteiger partial charge is 0.315 e. The fourth-order valence-corrected chi connectivity index (χ4v) is 2.96. The Hall–Kier alpha value is -2.67. The van der Waals surface area contributed by atoms with E-state index >= 15 is 0 Å². The van der Waals surface area contributed by atoms with Gasteiger partial charge in [0.25, 0.3) is 0 Å². The number of rotatable bonds is 5. The number of nitrogens with one attached hydrogen (secondary N) is 2. The van der Waals surface area contributed by atoms with Gasteiger partial charge in [0.2, 0.25) is 0 Å². The summed E-state index contributed by atoms with van der Waals surface area (Å²) in [4.78, 5) is 16.4. The fraction of sp³-hybridized carbons (Fsp3) is 0.235. The van der Waals surface area contributed by atoms with E-state index in [-0.39, 0.29) is 12.1 Å². The number of carbonyl (C=O) groups excluding carboxylic acids is 1. The first kappa shape index (κ1) is 16.2. The van der Waals surface area contributed by atoms with Crippen LogP contribution >= 0.6 is 11.3 Å². The molecule has 3 rings (SSSR count). The molecule has 0 radical (unpaired) electrons. The van der Waals surface area contributed by atoms with E-state index in [4.69, 9.17) is 0 Å². The van der Waals surface area contributed by atoms with E-state index in [9.17, 15) is 4.79 Å².